The largest absolute Gasteiger partial charge is 0.450 e. The van der Waals surface area contributed by atoms with E-state index in [2.05, 4.69) is 57.0 Å². The van der Waals surface area contributed by atoms with Crippen LogP contribution >= 0.6 is 22.6 Å². The number of amides is 5. The lowest BCUT2D eigenvalue weighted by atomic mass is 9.74. The average molecular weight is 812 g/mol. The van der Waals surface area contributed by atoms with Crippen LogP contribution < -0.4 is 21.3 Å². The second-order valence-electron chi connectivity index (χ2n) is 15.7. The van der Waals surface area contributed by atoms with Crippen LogP contribution in [0.15, 0.2) is 25.3 Å². The number of carbonyl (C=O) groups is 6. The maximum atomic E-state index is 14.7. The van der Waals surface area contributed by atoms with Crippen LogP contribution in [0.3, 0.4) is 0 Å². The Morgan fingerprint density at radius 3 is 2.14 bits per heavy atom. The molecule has 1 heterocycles. The summed E-state index contributed by atoms with van der Waals surface area (Å²) >= 11 is 2.27. The van der Waals surface area contributed by atoms with Gasteiger partial charge in [0.05, 0.1) is 16.1 Å². The Morgan fingerprint density at radius 1 is 0.960 bits per heavy atom. The molecule has 3 rings (SSSR count). The van der Waals surface area contributed by atoms with Crippen molar-refractivity contribution in [1.82, 2.24) is 26.2 Å². The second kappa shape index (κ2) is 17.5. The van der Waals surface area contributed by atoms with Crippen molar-refractivity contribution in [2.75, 3.05) is 19.7 Å². The third-order valence-corrected chi connectivity index (χ3v) is 12.1. The molecule has 0 radical (unpaired) electrons. The van der Waals surface area contributed by atoms with E-state index in [1.165, 1.54) is 11.0 Å². The van der Waals surface area contributed by atoms with Crippen LogP contribution in [0, 0.1) is 22.7 Å². The molecule has 3 fully saturated rings. The van der Waals surface area contributed by atoms with Gasteiger partial charge in [0.25, 0.3) is 5.91 Å². The molecule has 12 nitrogen and oxygen atoms in total. The number of alkyl halides is 1. The summed E-state index contributed by atoms with van der Waals surface area (Å²) in [4.78, 5) is 83.3. The molecule has 0 aromatic rings. The Balaban J connectivity index is 1.95. The third kappa shape index (κ3) is 10.5. The van der Waals surface area contributed by atoms with Crippen LogP contribution in [-0.4, -0.2) is 87.7 Å². The molecule has 2 saturated carbocycles. The number of nitrogens with zero attached hydrogens (tertiary/aromatic N) is 1. The Labute approximate surface area is 311 Å². The van der Waals surface area contributed by atoms with E-state index < -0.39 is 73.9 Å². The molecule has 1 unspecified atom stereocenters. The molecule has 1 saturated heterocycles. The van der Waals surface area contributed by atoms with Gasteiger partial charge in [-0.3, -0.25) is 24.0 Å². The number of hydrogen-bond acceptors (Lipinski definition) is 7. The lowest BCUT2D eigenvalue weighted by Crippen LogP contribution is -2.64. The first-order chi connectivity index (χ1) is 23.4. The maximum absolute atomic E-state index is 14.7. The van der Waals surface area contributed by atoms with Gasteiger partial charge in [-0.05, 0) is 55.3 Å². The lowest BCUT2D eigenvalue weighted by molar-refractivity contribution is -0.146. The molecule has 0 spiro atoms. The minimum absolute atomic E-state index is 0.115. The van der Waals surface area contributed by atoms with Crippen LogP contribution in [0.2, 0.25) is 0 Å². The van der Waals surface area contributed by atoms with Crippen molar-refractivity contribution in [1.29, 1.82) is 0 Å². The average Bonchev–Trinajstić information content (AvgIpc) is 3.76. The van der Waals surface area contributed by atoms with E-state index in [-0.39, 0.29) is 31.5 Å². The van der Waals surface area contributed by atoms with Gasteiger partial charge in [-0.15, -0.1) is 13.2 Å². The summed E-state index contributed by atoms with van der Waals surface area (Å²) in [7, 11) is 0. The van der Waals surface area contributed by atoms with E-state index in [0.29, 0.717) is 25.7 Å². The number of likely N-dealkylation sites (tertiary alicyclic amines) is 1. The first kappa shape index (κ1) is 41.5. The zero-order valence-electron chi connectivity index (χ0n) is 30.7. The van der Waals surface area contributed by atoms with Crippen LogP contribution in [0.5, 0.6) is 0 Å². The van der Waals surface area contributed by atoms with Crippen molar-refractivity contribution in [3.05, 3.63) is 25.3 Å². The van der Waals surface area contributed by atoms with Crippen LogP contribution in [0.4, 0.5) is 4.79 Å². The predicted octanol–water partition coefficient (Wildman–Crippen LogP) is 4.36. The van der Waals surface area contributed by atoms with Gasteiger partial charge in [-0.2, -0.15) is 0 Å². The number of rotatable bonds is 16. The fourth-order valence-corrected chi connectivity index (χ4v) is 8.27. The molecule has 0 bridgehead atoms. The molecule has 4 N–H and O–H groups in total. The van der Waals surface area contributed by atoms with Gasteiger partial charge in [0.2, 0.25) is 23.5 Å². The van der Waals surface area contributed by atoms with Crippen LogP contribution in [-0.2, 0) is 28.7 Å². The Morgan fingerprint density at radius 2 is 1.60 bits per heavy atom. The number of Topliss-reactive ketones (excluding diaryl/α,β-unsaturated/α-hetero) is 1. The first-order valence-electron chi connectivity index (χ1n) is 18.0. The minimum atomic E-state index is -1.06. The summed E-state index contributed by atoms with van der Waals surface area (Å²) in [6, 6.07) is -4.05. The van der Waals surface area contributed by atoms with Gasteiger partial charge in [0, 0.05) is 13.1 Å². The molecule has 2 aliphatic carbocycles. The number of halogens is 1. The van der Waals surface area contributed by atoms with Crippen LogP contribution in [0.25, 0.3) is 0 Å². The van der Waals surface area contributed by atoms with E-state index in [9.17, 15) is 28.8 Å². The van der Waals surface area contributed by atoms with Gasteiger partial charge in [0.1, 0.15) is 18.1 Å². The fraction of sp³-hybridized carbons (Fsp3) is 0.730. The standard InChI is InChI=1S/C37H58IN5O7/c1-9-20-39-31(46)27(44)25(22-23-15-16-23)40-30(45)26-24(36(7,8)10-2)17-21-43(26)33(48)29(35(4,5)6)41-32(47)28(42-34(49)50-11-3)37(38)18-13-12-14-19-37/h9-10,23-26,28-29H,1-2,11-22H2,3-8H3,(H,39,46)(H,40,45)(H,41,47)(H,42,49)/t24-,25?,26-,28+,29+/m0/s1. The zero-order chi connectivity index (χ0) is 37.4. The highest BCUT2D eigenvalue weighted by molar-refractivity contribution is 14.1. The van der Waals surface area contributed by atoms with Crippen molar-refractivity contribution in [2.24, 2.45) is 22.7 Å². The van der Waals surface area contributed by atoms with Crippen molar-refractivity contribution >= 4 is 58.1 Å². The smallest absolute Gasteiger partial charge is 0.407 e. The Bertz CT molecular complexity index is 1300. The molecule has 0 aromatic heterocycles. The molecule has 5 amide bonds. The topological polar surface area (TPSA) is 163 Å². The quantitative estimate of drug-likeness (QED) is 0.0780. The highest BCUT2D eigenvalue weighted by Gasteiger charge is 2.52. The fourth-order valence-electron chi connectivity index (χ4n) is 7.07. The summed E-state index contributed by atoms with van der Waals surface area (Å²) in [5.41, 5.74) is -1.36. The second-order valence-corrected chi connectivity index (χ2v) is 17.8. The normalized spacial score (nSPS) is 22.3. The van der Waals surface area contributed by atoms with E-state index in [0.717, 1.165) is 32.1 Å². The van der Waals surface area contributed by atoms with Gasteiger partial charge in [-0.1, -0.05) is 101 Å². The van der Waals surface area contributed by atoms with Crippen molar-refractivity contribution in [3.63, 3.8) is 0 Å². The molecule has 13 heteroatoms. The Hall–Kier alpha value is -2.97. The summed E-state index contributed by atoms with van der Waals surface area (Å²) in [5, 5.41) is 11.1. The summed E-state index contributed by atoms with van der Waals surface area (Å²) in [6.45, 7) is 19.2. The lowest BCUT2D eigenvalue weighted by Gasteiger charge is -2.41. The number of ether oxygens (including phenoxy) is 1. The number of hydrogen-bond donors (Lipinski definition) is 4. The predicted molar refractivity (Wildman–Crippen MR) is 200 cm³/mol. The number of allylic oxidation sites excluding steroid dienone is 1. The molecule has 280 valence electrons. The Kier molecular flexibility index (Phi) is 14.5. The van der Waals surface area contributed by atoms with Crippen molar-refractivity contribution < 1.29 is 33.5 Å². The molecule has 3 aliphatic rings. The van der Waals surface area contributed by atoms with Crippen LogP contribution in [0.1, 0.15) is 99.3 Å². The first-order valence-corrected chi connectivity index (χ1v) is 19.1. The van der Waals surface area contributed by atoms with Gasteiger partial charge in [-0.25, -0.2) is 4.79 Å². The van der Waals surface area contributed by atoms with Crippen molar-refractivity contribution in [3.8, 4) is 0 Å². The van der Waals surface area contributed by atoms with Gasteiger partial charge in [0.15, 0.2) is 0 Å². The number of carbonyl (C=O) groups excluding carboxylic acids is 6. The highest BCUT2D eigenvalue weighted by Crippen LogP contribution is 2.42. The monoisotopic (exact) mass is 811 g/mol. The van der Waals surface area contributed by atoms with Crippen molar-refractivity contribution in [2.45, 2.75) is 127 Å². The van der Waals surface area contributed by atoms with Gasteiger partial charge < -0.3 is 30.9 Å². The molecule has 5 atom stereocenters. The summed E-state index contributed by atoms with van der Waals surface area (Å²) < 4.78 is 4.57. The maximum Gasteiger partial charge on any atom is 0.407 e. The van der Waals surface area contributed by atoms with E-state index in [1.807, 2.05) is 34.6 Å². The molecule has 50 heavy (non-hydrogen) atoms. The SMILES string of the molecule is C=CCNC(=O)C(=O)C(CC1CC1)NC(=O)[C@@H]1[C@@H](C(C)(C)C=C)CCN1C(=O)[C@@H](NC(=O)[C@@H](NC(=O)OCC)C1(I)CCCCC1)C(C)(C)C. The highest BCUT2D eigenvalue weighted by atomic mass is 127. The number of ketones is 1. The number of alkyl carbamates (subject to hydrolysis) is 1. The molecular formula is C37H58IN5O7. The minimum Gasteiger partial charge on any atom is -0.450 e. The summed E-state index contributed by atoms with van der Waals surface area (Å²) in [6.07, 6.45) is 9.44. The molecule has 1 aliphatic heterocycles. The number of nitrogens with one attached hydrogen (secondary N) is 4. The van der Waals surface area contributed by atoms with Gasteiger partial charge >= 0.3 is 6.09 Å². The van der Waals surface area contributed by atoms with E-state index in [1.54, 1.807) is 13.0 Å². The van der Waals surface area contributed by atoms with E-state index >= 15 is 0 Å². The zero-order valence-corrected chi connectivity index (χ0v) is 32.9. The summed E-state index contributed by atoms with van der Waals surface area (Å²) in [5.74, 6) is -3.14. The molecular weight excluding hydrogens is 753 g/mol. The third-order valence-electron chi connectivity index (χ3n) is 10.4. The van der Waals surface area contributed by atoms with E-state index in [4.69, 9.17) is 4.74 Å². The molecule has 0 aromatic carbocycles.